The lowest BCUT2D eigenvalue weighted by molar-refractivity contribution is -0.318. The van der Waals surface area contributed by atoms with Crippen molar-refractivity contribution < 1.29 is 23.0 Å². The van der Waals surface area contributed by atoms with Crippen LogP contribution >= 0.6 is 0 Å². The number of halogens is 2. The summed E-state index contributed by atoms with van der Waals surface area (Å²) in [6.07, 6.45) is -4.14. The Kier molecular flexibility index (Phi) is 6.51. The van der Waals surface area contributed by atoms with Crippen molar-refractivity contribution in [1.29, 1.82) is 0 Å². The molecule has 4 atom stereocenters. The van der Waals surface area contributed by atoms with Gasteiger partial charge in [0.2, 0.25) is 0 Å². The summed E-state index contributed by atoms with van der Waals surface area (Å²) < 4.78 is 46.1. The van der Waals surface area contributed by atoms with Crippen molar-refractivity contribution in [3.05, 3.63) is 71.8 Å². The maximum Gasteiger partial charge on any atom is 0.302 e. The zero-order valence-electron chi connectivity index (χ0n) is 14.8. The monoisotopic (exact) mass is 378 g/mol. The molecule has 1 heterocycles. The molecule has 7 heteroatoms. The minimum atomic E-state index is -3.32. The summed E-state index contributed by atoms with van der Waals surface area (Å²) in [4.78, 5) is 0. The van der Waals surface area contributed by atoms with Crippen molar-refractivity contribution in [2.45, 2.75) is 43.7 Å². The fourth-order valence-electron chi connectivity index (χ4n) is 3.02. The Hall–Kier alpha value is -1.90. The van der Waals surface area contributed by atoms with Gasteiger partial charge in [0.25, 0.3) is 0 Å². The number of hydrogen-bond donors (Lipinski definition) is 2. The third-order valence-corrected chi connectivity index (χ3v) is 4.51. The van der Waals surface area contributed by atoms with Gasteiger partial charge in [0.15, 0.2) is 6.29 Å². The number of nitrogens with two attached hydrogens (primary N) is 2. The summed E-state index contributed by atoms with van der Waals surface area (Å²) in [6, 6.07) is 17.3. The molecule has 146 valence electrons. The molecule has 0 amide bonds. The molecular weight excluding hydrogens is 354 g/mol. The predicted molar refractivity (Wildman–Crippen MR) is 96.9 cm³/mol. The first-order valence-corrected chi connectivity index (χ1v) is 8.82. The summed E-state index contributed by atoms with van der Waals surface area (Å²) in [5.41, 5.74) is 13.2. The molecule has 0 radical (unpaired) electrons. The van der Waals surface area contributed by atoms with Crippen LogP contribution in [-0.4, -0.2) is 37.0 Å². The standard InChI is InChI=1S/C20H24F2N2O3/c21-20(22)16(11-23)27-19(26-13-15-9-5-2-6-10-15)17(24)18(20)25-12-14-7-3-1-4-8-14/h1-10,16-19H,11-13,23-24H2/t16-,17-,18-,19?/m1/s1. The molecule has 1 unspecified atom stereocenters. The molecule has 1 saturated heterocycles. The molecule has 2 aromatic carbocycles. The number of hydrogen-bond acceptors (Lipinski definition) is 5. The highest BCUT2D eigenvalue weighted by molar-refractivity contribution is 5.14. The van der Waals surface area contributed by atoms with Gasteiger partial charge in [-0.3, -0.25) is 0 Å². The van der Waals surface area contributed by atoms with Crippen molar-refractivity contribution in [3.63, 3.8) is 0 Å². The fourth-order valence-corrected chi connectivity index (χ4v) is 3.02. The molecular formula is C20H24F2N2O3. The molecule has 3 rings (SSSR count). The summed E-state index contributed by atoms with van der Waals surface area (Å²) >= 11 is 0. The second-order valence-electron chi connectivity index (χ2n) is 6.49. The van der Waals surface area contributed by atoms with Crippen LogP contribution in [0, 0.1) is 0 Å². The zero-order chi connectivity index (χ0) is 19.3. The average Bonchev–Trinajstić information content (AvgIpc) is 2.68. The van der Waals surface area contributed by atoms with E-state index in [0.29, 0.717) is 0 Å². The maximum atomic E-state index is 14.8. The molecule has 0 bridgehead atoms. The van der Waals surface area contributed by atoms with Gasteiger partial charge in [-0.2, -0.15) is 0 Å². The Bertz CT molecular complexity index is 703. The smallest absolute Gasteiger partial charge is 0.302 e. The van der Waals surface area contributed by atoms with Gasteiger partial charge in [-0.05, 0) is 11.1 Å². The van der Waals surface area contributed by atoms with E-state index in [9.17, 15) is 8.78 Å². The van der Waals surface area contributed by atoms with E-state index in [1.807, 2.05) is 48.5 Å². The molecule has 27 heavy (non-hydrogen) atoms. The van der Waals surface area contributed by atoms with Crippen molar-refractivity contribution in [1.82, 2.24) is 0 Å². The third kappa shape index (κ3) is 4.69. The van der Waals surface area contributed by atoms with Gasteiger partial charge < -0.3 is 25.7 Å². The van der Waals surface area contributed by atoms with Crippen LogP contribution in [0.15, 0.2) is 60.7 Å². The highest BCUT2D eigenvalue weighted by Gasteiger charge is 2.58. The average molecular weight is 378 g/mol. The highest BCUT2D eigenvalue weighted by atomic mass is 19.3. The Labute approximate surface area is 157 Å². The van der Waals surface area contributed by atoms with Gasteiger partial charge in [-0.15, -0.1) is 0 Å². The summed E-state index contributed by atoms with van der Waals surface area (Å²) in [7, 11) is 0. The van der Waals surface area contributed by atoms with Gasteiger partial charge in [0, 0.05) is 6.54 Å². The third-order valence-electron chi connectivity index (χ3n) is 4.51. The van der Waals surface area contributed by atoms with Gasteiger partial charge in [-0.1, -0.05) is 60.7 Å². The van der Waals surface area contributed by atoms with Crippen LogP contribution in [0.2, 0.25) is 0 Å². The summed E-state index contributed by atoms with van der Waals surface area (Å²) in [5.74, 6) is -3.32. The van der Waals surface area contributed by atoms with Crippen molar-refractivity contribution in [2.24, 2.45) is 11.5 Å². The van der Waals surface area contributed by atoms with E-state index in [1.54, 1.807) is 12.1 Å². The van der Waals surface area contributed by atoms with Crippen molar-refractivity contribution in [2.75, 3.05) is 6.54 Å². The molecule has 1 aliphatic heterocycles. The van der Waals surface area contributed by atoms with Crippen LogP contribution in [0.5, 0.6) is 0 Å². The normalized spacial score (nSPS) is 27.4. The Morgan fingerprint density at radius 3 is 1.93 bits per heavy atom. The van der Waals surface area contributed by atoms with E-state index in [-0.39, 0.29) is 19.8 Å². The lowest BCUT2D eigenvalue weighted by Crippen LogP contribution is -2.67. The van der Waals surface area contributed by atoms with Crippen LogP contribution in [0.3, 0.4) is 0 Å². The quantitative estimate of drug-likeness (QED) is 0.774. The van der Waals surface area contributed by atoms with E-state index >= 15 is 0 Å². The summed E-state index contributed by atoms with van der Waals surface area (Å²) in [5, 5.41) is 0. The van der Waals surface area contributed by atoms with Crippen molar-refractivity contribution >= 4 is 0 Å². The zero-order valence-corrected chi connectivity index (χ0v) is 14.8. The minimum absolute atomic E-state index is 0.0114. The first-order chi connectivity index (χ1) is 13.0. The van der Waals surface area contributed by atoms with Gasteiger partial charge in [0.05, 0.1) is 19.3 Å². The number of alkyl halides is 2. The predicted octanol–water partition coefficient (Wildman–Crippen LogP) is 2.43. The summed E-state index contributed by atoms with van der Waals surface area (Å²) in [6.45, 7) is -0.166. The number of ether oxygens (including phenoxy) is 3. The fraction of sp³-hybridized carbons (Fsp3) is 0.400. The second-order valence-corrected chi connectivity index (χ2v) is 6.49. The van der Waals surface area contributed by atoms with Crippen LogP contribution in [-0.2, 0) is 27.4 Å². The molecule has 0 aromatic heterocycles. The van der Waals surface area contributed by atoms with E-state index in [1.165, 1.54) is 0 Å². The Morgan fingerprint density at radius 2 is 1.41 bits per heavy atom. The first-order valence-electron chi connectivity index (χ1n) is 8.82. The second kappa shape index (κ2) is 8.86. The SMILES string of the molecule is NC[C@H]1OC(OCc2ccccc2)[C@H](N)[C@@H](OCc2ccccc2)C1(F)F. The molecule has 1 aliphatic rings. The highest BCUT2D eigenvalue weighted by Crippen LogP contribution is 2.36. The topological polar surface area (TPSA) is 79.7 Å². The van der Waals surface area contributed by atoms with E-state index in [4.69, 9.17) is 25.7 Å². The molecule has 4 N–H and O–H groups in total. The van der Waals surface area contributed by atoms with Crippen LogP contribution in [0.1, 0.15) is 11.1 Å². The molecule has 0 saturated carbocycles. The molecule has 1 fully saturated rings. The lowest BCUT2D eigenvalue weighted by Gasteiger charge is -2.44. The Balaban J connectivity index is 1.70. The largest absolute Gasteiger partial charge is 0.365 e. The van der Waals surface area contributed by atoms with Gasteiger partial charge in [-0.25, -0.2) is 8.78 Å². The van der Waals surface area contributed by atoms with Crippen LogP contribution in [0.25, 0.3) is 0 Å². The molecule has 5 nitrogen and oxygen atoms in total. The number of rotatable bonds is 7. The number of benzene rings is 2. The van der Waals surface area contributed by atoms with Gasteiger partial charge in [0.1, 0.15) is 12.2 Å². The van der Waals surface area contributed by atoms with E-state index < -0.39 is 30.5 Å². The Morgan fingerprint density at radius 1 is 0.889 bits per heavy atom. The lowest BCUT2D eigenvalue weighted by atomic mass is 9.95. The maximum absolute atomic E-state index is 14.8. The first kappa shape index (κ1) is 19.9. The molecule has 0 spiro atoms. The minimum Gasteiger partial charge on any atom is -0.365 e. The van der Waals surface area contributed by atoms with Gasteiger partial charge >= 0.3 is 5.92 Å². The molecule has 2 aromatic rings. The van der Waals surface area contributed by atoms with E-state index in [2.05, 4.69) is 0 Å². The van der Waals surface area contributed by atoms with Crippen LogP contribution < -0.4 is 11.5 Å². The van der Waals surface area contributed by atoms with Crippen LogP contribution in [0.4, 0.5) is 8.78 Å². The van der Waals surface area contributed by atoms with E-state index in [0.717, 1.165) is 11.1 Å². The van der Waals surface area contributed by atoms with Crippen molar-refractivity contribution in [3.8, 4) is 0 Å². The molecule has 0 aliphatic carbocycles.